The van der Waals surface area contributed by atoms with Crippen LogP contribution in [0.4, 0.5) is 5.13 Å². The van der Waals surface area contributed by atoms with Crippen LogP contribution in [-0.2, 0) is 10.2 Å². The average Bonchev–Trinajstić information content (AvgIpc) is 3.35. The first-order chi connectivity index (χ1) is 12.5. The second kappa shape index (κ2) is 7.44. The second-order valence-corrected chi connectivity index (χ2v) is 9.72. The largest absolute Gasteiger partial charge is 0.345 e. The van der Waals surface area contributed by atoms with Gasteiger partial charge >= 0.3 is 0 Å². The Morgan fingerprint density at radius 3 is 2.19 bits per heavy atom. The van der Waals surface area contributed by atoms with Crippen molar-refractivity contribution in [3.05, 3.63) is 34.7 Å². The highest BCUT2D eigenvalue weighted by molar-refractivity contribution is 7.86. The van der Waals surface area contributed by atoms with Crippen LogP contribution in [-0.4, -0.2) is 61.3 Å². The summed E-state index contributed by atoms with van der Waals surface area (Å²) >= 11 is 7.53. The Bertz CT molecular complexity index is 855. The van der Waals surface area contributed by atoms with Crippen LogP contribution in [0.25, 0.3) is 11.3 Å². The Balaban J connectivity index is 1.41. The lowest BCUT2D eigenvalue weighted by Crippen LogP contribution is -2.52. The fourth-order valence-corrected chi connectivity index (χ4v) is 6.04. The maximum atomic E-state index is 12.7. The zero-order valence-corrected chi connectivity index (χ0v) is 16.7. The number of hydrogen-bond acceptors (Lipinski definition) is 5. The number of aromatic nitrogens is 1. The molecule has 0 radical (unpaired) electrons. The number of nitrogens with zero attached hydrogens (tertiary/aromatic N) is 4. The van der Waals surface area contributed by atoms with E-state index in [1.807, 2.05) is 29.6 Å². The number of hydrogen-bond donors (Lipinski definition) is 0. The molecule has 2 fully saturated rings. The van der Waals surface area contributed by atoms with Gasteiger partial charge in [0.25, 0.3) is 10.2 Å². The van der Waals surface area contributed by atoms with Gasteiger partial charge in [-0.2, -0.15) is 17.0 Å². The molecule has 0 saturated carbocycles. The number of rotatable bonds is 4. The van der Waals surface area contributed by atoms with E-state index in [4.69, 9.17) is 16.6 Å². The summed E-state index contributed by atoms with van der Waals surface area (Å²) in [5.41, 5.74) is 1.96. The first-order valence-electron chi connectivity index (χ1n) is 8.76. The van der Waals surface area contributed by atoms with Crippen molar-refractivity contribution in [2.75, 3.05) is 44.2 Å². The van der Waals surface area contributed by atoms with Gasteiger partial charge in [0.2, 0.25) is 0 Å². The molecular weight excluding hydrogens is 392 g/mol. The van der Waals surface area contributed by atoms with E-state index in [1.165, 1.54) is 0 Å². The van der Waals surface area contributed by atoms with Crippen molar-refractivity contribution in [2.45, 2.75) is 12.8 Å². The van der Waals surface area contributed by atoms with Gasteiger partial charge in [0, 0.05) is 55.2 Å². The molecule has 1 aromatic heterocycles. The quantitative estimate of drug-likeness (QED) is 0.774. The SMILES string of the molecule is O=S(=O)(N1CCCC1)N1CCN(c2nc(-c3ccc(Cl)cc3)cs2)CC1. The third-order valence-electron chi connectivity index (χ3n) is 4.86. The van der Waals surface area contributed by atoms with Crippen LogP contribution in [0.15, 0.2) is 29.6 Å². The third-order valence-corrected chi connectivity index (χ3v) is 8.05. The second-order valence-electron chi connectivity index (χ2n) is 6.52. The highest BCUT2D eigenvalue weighted by atomic mass is 35.5. The summed E-state index contributed by atoms with van der Waals surface area (Å²) in [6, 6.07) is 7.64. The average molecular weight is 413 g/mol. The van der Waals surface area contributed by atoms with E-state index < -0.39 is 10.2 Å². The molecule has 0 aliphatic carbocycles. The van der Waals surface area contributed by atoms with Gasteiger partial charge in [-0.05, 0) is 25.0 Å². The molecule has 2 aliphatic heterocycles. The number of benzene rings is 1. The topological polar surface area (TPSA) is 56.8 Å². The summed E-state index contributed by atoms with van der Waals surface area (Å²) in [6.45, 7) is 3.66. The minimum atomic E-state index is -3.30. The Labute approximate surface area is 163 Å². The minimum absolute atomic E-state index is 0.509. The molecule has 3 heterocycles. The Hall–Kier alpha value is -1.19. The van der Waals surface area contributed by atoms with Gasteiger partial charge < -0.3 is 4.90 Å². The van der Waals surface area contributed by atoms with Gasteiger partial charge in [-0.15, -0.1) is 11.3 Å². The first kappa shape index (κ1) is 18.2. The van der Waals surface area contributed by atoms with Crippen LogP contribution in [0.2, 0.25) is 5.02 Å². The fraction of sp³-hybridized carbons (Fsp3) is 0.471. The Kier molecular flexibility index (Phi) is 5.20. The van der Waals surface area contributed by atoms with E-state index in [0.29, 0.717) is 44.3 Å². The number of piperazine rings is 1. The molecule has 0 N–H and O–H groups in total. The molecule has 2 aromatic rings. The van der Waals surface area contributed by atoms with Crippen molar-refractivity contribution in [2.24, 2.45) is 0 Å². The van der Waals surface area contributed by atoms with E-state index in [-0.39, 0.29) is 0 Å². The molecule has 1 aromatic carbocycles. The van der Waals surface area contributed by atoms with Crippen molar-refractivity contribution >= 4 is 38.3 Å². The Morgan fingerprint density at radius 2 is 1.54 bits per heavy atom. The third kappa shape index (κ3) is 3.61. The molecule has 0 atom stereocenters. The molecular formula is C17H21ClN4O2S2. The standard InChI is InChI=1S/C17H21ClN4O2S2/c18-15-5-3-14(4-6-15)16-13-25-17(19-16)20-9-11-22(12-10-20)26(23,24)21-7-1-2-8-21/h3-6,13H,1-2,7-12H2. The number of halogens is 1. The maximum absolute atomic E-state index is 12.7. The van der Waals surface area contributed by atoms with Crippen LogP contribution in [0.5, 0.6) is 0 Å². The molecule has 2 aliphatic rings. The van der Waals surface area contributed by atoms with Crippen molar-refractivity contribution in [3.63, 3.8) is 0 Å². The van der Waals surface area contributed by atoms with E-state index >= 15 is 0 Å². The smallest absolute Gasteiger partial charge is 0.282 e. The van der Waals surface area contributed by atoms with Crippen molar-refractivity contribution in [1.82, 2.24) is 13.6 Å². The molecule has 2 saturated heterocycles. The fourth-order valence-electron chi connectivity index (χ4n) is 3.35. The van der Waals surface area contributed by atoms with Crippen molar-refractivity contribution < 1.29 is 8.42 Å². The zero-order valence-electron chi connectivity index (χ0n) is 14.3. The van der Waals surface area contributed by atoms with Crippen molar-refractivity contribution in [3.8, 4) is 11.3 Å². The van der Waals surface area contributed by atoms with E-state index in [9.17, 15) is 8.42 Å². The zero-order chi connectivity index (χ0) is 18.1. The van der Waals surface area contributed by atoms with Crippen LogP contribution in [0, 0.1) is 0 Å². The summed E-state index contributed by atoms with van der Waals surface area (Å²) in [7, 11) is -3.30. The number of thiazole rings is 1. The lowest BCUT2D eigenvalue weighted by atomic mass is 10.2. The molecule has 6 nitrogen and oxygen atoms in total. The molecule has 140 valence electrons. The van der Waals surface area contributed by atoms with Crippen molar-refractivity contribution in [1.29, 1.82) is 0 Å². The van der Waals surface area contributed by atoms with E-state index in [0.717, 1.165) is 29.2 Å². The molecule has 4 rings (SSSR count). The minimum Gasteiger partial charge on any atom is -0.345 e. The van der Waals surface area contributed by atoms with Crippen LogP contribution >= 0.6 is 22.9 Å². The molecule has 26 heavy (non-hydrogen) atoms. The number of anilines is 1. The van der Waals surface area contributed by atoms with Crippen LogP contribution in [0.3, 0.4) is 0 Å². The Morgan fingerprint density at radius 1 is 0.923 bits per heavy atom. The monoisotopic (exact) mass is 412 g/mol. The summed E-state index contributed by atoms with van der Waals surface area (Å²) in [5.74, 6) is 0. The molecule has 9 heteroatoms. The van der Waals surface area contributed by atoms with Crippen LogP contribution < -0.4 is 4.90 Å². The predicted molar refractivity (Wildman–Crippen MR) is 106 cm³/mol. The van der Waals surface area contributed by atoms with Gasteiger partial charge in [-0.3, -0.25) is 0 Å². The summed E-state index contributed by atoms with van der Waals surface area (Å²) in [4.78, 5) is 6.89. The predicted octanol–water partition coefficient (Wildman–Crippen LogP) is 2.93. The van der Waals surface area contributed by atoms with E-state index in [1.54, 1.807) is 19.9 Å². The normalized spacial score (nSPS) is 20.0. The molecule has 0 amide bonds. The summed E-state index contributed by atoms with van der Waals surface area (Å²) in [5, 5.41) is 3.68. The van der Waals surface area contributed by atoms with Gasteiger partial charge in [0.05, 0.1) is 5.69 Å². The van der Waals surface area contributed by atoms with Crippen LogP contribution in [0.1, 0.15) is 12.8 Å². The van der Waals surface area contributed by atoms with Gasteiger partial charge in [-0.25, -0.2) is 4.98 Å². The molecule has 0 spiro atoms. The lowest BCUT2D eigenvalue weighted by molar-refractivity contribution is 0.343. The summed E-state index contributed by atoms with van der Waals surface area (Å²) in [6.07, 6.45) is 1.93. The lowest BCUT2D eigenvalue weighted by Gasteiger charge is -2.35. The first-order valence-corrected chi connectivity index (χ1v) is 11.4. The maximum Gasteiger partial charge on any atom is 0.282 e. The van der Waals surface area contributed by atoms with E-state index in [2.05, 4.69) is 4.90 Å². The molecule has 0 bridgehead atoms. The highest BCUT2D eigenvalue weighted by Gasteiger charge is 2.34. The summed E-state index contributed by atoms with van der Waals surface area (Å²) < 4.78 is 28.5. The molecule has 0 unspecified atom stereocenters. The van der Waals surface area contributed by atoms with Gasteiger partial charge in [-0.1, -0.05) is 23.7 Å². The van der Waals surface area contributed by atoms with Gasteiger partial charge in [0.1, 0.15) is 0 Å². The highest BCUT2D eigenvalue weighted by Crippen LogP contribution is 2.29. The van der Waals surface area contributed by atoms with Gasteiger partial charge in [0.15, 0.2) is 5.13 Å².